The fraction of sp³-hybridized carbons (Fsp3) is 0.333. The number of aryl methyl sites for hydroxylation is 1. The number of nitrogens with zero attached hydrogens (tertiary/aromatic N) is 3. The summed E-state index contributed by atoms with van der Waals surface area (Å²) >= 11 is 1.13. The second-order valence-electron chi connectivity index (χ2n) is 5.72. The average molecular weight is 373 g/mol. The Kier molecular flexibility index (Phi) is 5.32. The molecule has 7 nitrogen and oxygen atoms in total. The third-order valence-corrected chi connectivity index (χ3v) is 4.74. The lowest BCUT2D eigenvalue weighted by molar-refractivity contribution is 0.288. The van der Waals surface area contributed by atoms with E-state index < -0.39 is 5.56 Å². The maximum Gasteiger partial charge on any atom is 0.295 e. The molecule has 0 N–H and O–H groups in total. The van der Waals surface area contributed by atoms with Crippen molar-refractivity contribution in [1.29, 1.82) is 0 Å². The van der Waals surface area contributed by atoms with Crippen LogP contribution >= 0.6 is 11.3 Å². The topological polar surface area (TPSA) is 82.8 Å². The standard InChI is InChI=1S/C18H19N3O4S/c1-4-5-8-25-13-7-6-12(9-14(13)24-3)10-15-17(23)21-18(26-15)19-16(22)11(2)20-21/h6-7,9-10H,4-5,8H2,1-3H3/b15-10-. The minimum atomic E-state index is -0.423. The van der Waals surface area contributed by atoms with Gasteiger partial charge in [0, 0.05) is 0 Å². The number of hydrogen-bond acceptors (Lipinski definition) is 7. The van der Waals surface area contributed by atoms with Crippen molar-refractivity contribution in [2.24, 2.45) is 0 Å². The summed E-state index contributed by atoms with van der Waals surface area (Å²) in [7, 11) is 1.58. The highest BCUT2D eigenvalue weighted by molar-refractivity contribution is 7.15. The van der Waals surface area contributed by atoms with Gasteiger partial charge in [0.1, 0.15) is 5.69 Å². The predicted octanol–water partition coefficient (Wildman–Crippen LogP) is 1.55. The van der Waals surface area contributed by atoms with E-state index in [0.717, 1.165) is 34.3 Å². The normalized spacial score (nSPS) is 11.9. The van der Waals surface area contributed by atoms with Crippen LogP contribution in [0.15, 0.2) is 27.8 Å². The summed E-state index contributed by atoms with van der Waals surface area (Å²) in [6.07, 6.45) is 3.74. The molecule has 2 aromatic heterocycles. The van der Waals surface area contributed by atoms with Crippen molar-refractivity contribution in [3.8, 4) is 11.5 Å². The maximum absolute atomic E-state index is 12.5. The van der Waals surface area contributed by atoms with Crippen LogP contribution in [0.5, 0.6) is 11.5 Å². The lowest BCUT2D eigenvalue weighted by Crippen LogP contribution is -2.27. The summed E-state index contributed by atoms with van der Waals surface area (Å²) in [5.41, 5.74) is 0.253. The first-order valence-corrected chi connectivity index (χ1v) is 9.08. The highest BCUT2D eigenvalue weighted by Crippen LogP contribution is 2.28. The van der Waals surface area contributed by atoms with Crippen LogP contribution in [0.25, 0.3) is 11.0 Å². The summed E-state index contributed by atoms with van der Waals surface area (Å²) in [6.45, 7) is 4.26. The molecule has 26 heavy (non-hydrogen) atoms. The van der Waals surface area contributed by atoms with Gasteiger partial charge in [-0.25, -0.2) is 0 Å². The van der Waals surface area contributed by atoms with Gasteiger partial charge in [-0.3, -0.25) is 9.59 Å². The van der Waals surface area contributed by atoms with Gasteiger partial charge in [-0.15, -0.1) is 0 Å². The first-order valence-electron chi connectivity index (χ1n) is 8.26. The first kappa shape index (κ1) is 18.1. The molecule has 0 unspecified atom stereocenters. The molecule has 0 aliphatic heterocycles. The molecule has 0 aliphatic rings. The lowest BCUT2D eigenvalue weighted by Gasteiger charge is -2.10. The van der Waals surface area contributed by atoms with Crippen LogP contribution in [0.4, 0.5) is 0 Å². The van der Waals surface area contributed by atoms with Crippen molar-refractivity contribution in [1.82, 2.24) is 14.6 Å². The zero-order valence-electron chi connectivity index (χ0n) is 14.8. The van der Waals surface area contributed by atoms with Gasteiger partial charge in [0.2, 0.25) is 4.96 Å². The molecule has 0 aliphatic carbocycles. The number of fused-ring (bicyclic) bond motifs is 1. The van der Waals surface area contributed by atoms with E-state index in [-0.39, 0.29) is 16.2 Å². The summed E-state index contributed by atoms with van der Waals surface area (Å²) in [4.78, 5) is 28.3. The van der Waals surface area contributed by atoms with Crippen LogP contribution in [-0.4, -0.2) is 28.3 Å². The summed E-state index contributed by atoms with van der Waals surface area (Å²) in [5.74, 6) is 1.27. The molecular formula is C18H19N3O4S. The Morgan fingerprint density at radius 1 is 1.27 bits per heavy atom. The number of thiazole rings is 1. The zero-order chi connectivity index (χ0) is 18.7. The fourth-order valence-electron chi connectivity index (χ4n) is 2.36. The van der Waals surface area contributed by atoms with E-state index in [0.29, 0.717) is 22.6 Å². The molecule has 0 spiro atoms. The molecule has 136 valence electrons. The molecule has 0 saturated carbocycles. The van der Waals surface area contributed by atoms with Crippen LogP contribution in [0.3, 0.4) is 0 Å². The molecule has 1 aromatic carbocycles. The van der Waals surface area contributed by atoms with Crippen molar-refractivity contribution < 1.29 is 9.47 Å². The molecule has 0 atom stereocenters. The van der Waals surface area contributed by atoms with Crippen LogP contribution in [0.1, 0.15) is 31.0 Å². The number of unbranched alkanes of at least 4 members (excludes halogenated alkanes) is 1. The number of methoxy groups -OCH3 is 1. The second kappa shape index (κ2) is 7.65. The number of aromatic nitrogens is 3. The van der Waals surface area contributed by atoms with Gasteiger partial charge >= 0.3 is 0 Å². The first-order chi connectivity index (χ1) is 12.5. The maximum atomic E-state index is 12.5. The van der Waals surface area contributed by atoms with E-state index in [2.05, 4.69) is 17.0 Å². The van der Waals surface area contributed by atoms with Crippen molar-refractivity contribution >= 4 is 22.4 Å². The molecule has 0 saturated heterocycles. The second-order valence-corrected chi connectivity index (χ2v) is 6.73. The Hall–Kier alpha value is -2.74. The van der Waals surface area contributed by atoms with Gasteiger partial charge in [0.15, 0.2) is 11.5 Å². The van der Waals surface area contributed by atoms with E-state index in [9.17, 15) is 9.59 Å². The Bertz CT molecular complexity index is 1100. The van der Waals surface area contributed by atoms with E-state index >= 15 is 0 Å². The van der Waals surface area contributed by atoms with Crippen molar-refractivity contribution in [2.45, 2.75) is 26.7 Å². The summed E-state index contributed by atoms with van der Waals surface area (Å²) < 4.78 is 12.7. The SMILES string of the molecule is CCCCOc1ccc(/C=c2\sc3nc(=O)c(C)nn3c2=O)cc1OC. The number of rotatable bonds is 6. The van der Waals surface area contributed by atoms with Crippen molar-refractivity contribution in [3.05, 3.63) is 54.7 Å². The quantitative estimate of drug-likeness (QED) is 0.610. The smallest absolute Gasteiger partial charge is 0.295 e. The van der Waals surface area contributed by atoms with E-state index in [1.54, 1.807) is 19.3 Å². The van der Waals surface area contributed by atoms with Gasteiger partial charge in [-0.1, -0.05) is 30.7 Å². The molecule has 0 amide bonds. The third kappa shape index (κ3) is 3.60. The Morgan fingerprint density at radius 3 is 2.81 bits per heavy atom. The highest BCUT2D eigenvalue weighted by Gasteiger charge is 2.09. The molecule has 0 bridgehead atoms. The Morgan fingerprint density at radius 2 is 2.08 bits per heavy atom. The van der Waals surface area contributed by atoms with Gasteiger partial charge in [0.25, 0.3) is 11.1 Å². The van der Waals surface area contributed by atoms with Gasteiger partial charge < -0.3 is 9.47 Å². The van der Waals surface area contributed by atoms with Crippen molar-refractivity contribution in [3.63, 3.8) is 0 Å². The van der Waals surface area contributed by atoms with Crippen molar-refractivity contribution in [2.75, 3.05) is 13.7 Å². The van der Waals surface area contributed by atoms with Gasteiger partial charge in [-0.2, -0.15) is 14.6 Å². The number of hydrogen-bond donors (Lipinski definition) is 0. The van der Waals surface area contributed by atoms with Crippen LogP contribution in [0, 0.1) is 6.92 Å². The molecule has 0 radical (unpaired) electrons. The molecule has 0 fully saturated rings. The van der Waals surface area contributed by atoms with E-state index in [1.165, 1.54) is 6.92 Å². The summed E-state index contributed by atoms with van der Waals surface area (Å²) in [5, 5.41) is 4.00. The van der Waals surface area contributed by atoms with Crippen LogP contribution in [-0.2, 0) is 0 Å². The van der Waals surface area contributed by atoms with Gasteiger partial charge in [0.05, 0.1) is 18.2 Å². The molecule has 3 rings (SSSR count). The van der Waals surface area contributed by atoms with E-state index in [4.69, 9.17) is 9.47 Å². The van der Waals surface area contributed by atoms with Crippen LogP contribution in [0.2, 0.25) is 0 Å². The summed E-state index contributed by atoms with van der Waals surface area (Å²) in [6, 6.07) is 5.48. The molecule has 2 heterocycles. The minimum Gasteiger partial charge on any atom is -0.493 e. The number of benzene rings is 1. The Balaban J connectivity index is 2.02. The number of ether oxygens (including phenoxy) is 2. The molecule has 3 aromatic rings. The largest absolute Gasteiger partial charge is 0.493 e. The average Bonchev–Trinajstić information content (AvgIpc) is 2.92. The molecular weight excluding hydrogens is 354 g/mol. The Labute approximate surface area is 153 Å². The monoisotopic (exact) mass is 373 g/mol. The third-order valence-electron chi connectivity index (χ3n) is 3.78. The fourth-order valence-corrected chi connectivity index (χ4v) is 3.26. The van der Waals surface area contributed by atoms with E-state index in [1.807, 2.05) is 12.1 Å². The van der Waals surface area contributed by atoms with Gasteiger partial charge in [-0.05, 0) is 37.1 Å². The highest BCUT2D eigenvalue weighted by atomic mass is 32.1. The lowest BCUT2D eigenvalue weighted by atomic mass is 10.2. The zero-order valence-corrected chi connectivity index (χ0v) is 15.6. The van der Waals surface area contributed by atoms with Crippen LogP contribution < -0.4 is 25.1 Å². The molecule has 8 heteroatoms. The minimum absolute atomic E-state index is 0.194. The predicted molar refractivity (Wildman–Crippen MR) is 100 cm³/mol.